The minimum atomic E-state index is -1.05. The molecule has 0 aliphatic carbocycles. The van der Waals surface area contributed by atoms with Crippen LogP contribution < -0.4 is 0 Å². The van der Waals surface area contributed by atoms with Crippen LogP contribution in [0.2, 0.25) is 0 Å². The molecule has 18 heavy (non-hydrogen) atoms. The molecule has 96 valence electrons. The number of hydrogen-bond donors (Lipinski definition) is 0. The van der Waals surface area contributed by atoms with E-state index in [1.54, 1.807) is 13.8 Å². The Morgan fingerprint density at radius 2 is 2.06 bits per heavy atom. The first kappa shape index (κ1) is 14.1. The van der Waals surface area contributed by atoms with Crippen LogP contribution in [0, 0.1) is 23.0 Å². The number of carbonyl (C=O) groups is 1. The fourth-order valence-electron chi connectivity index (χ4n) is 1.56. The summed E-state index contributed by atoms with van der Waals surface area (Å²) in [6, 6.07) is 4.87. The highest BCUT2D eigenvalue weighted by Gasteiger charge is 2.19. The Morgan fingerprint density at radius 1 is 1.39 bits per heavy atom. The lowest BCUT2D eigenvalue weighted by Gasteiger charge is -2.25. The molecule has 1 rings (SSSR count). The fraction of sp³-hybridized carbons (Fsp3) is 0.385. The van der Waals surface area contributed by atoms with Crippen molar-refractivity contribution in [2.75, 3.05) is 6.54 Å². The molecule has 0 saturated heterocycles. The normalized spacial score (nSPS) is 10.2. The maximum atomic E-state index is 13.1. The Labute approximate surface area is 105 Å². The Morgan fingerprint density at radius 3 is 2.56 bits per heavy atom. The zero-order valence-electron chi connectivity index (χ0n) is 10.3. The van der Waals surface area contributed by atoms with E-state index in [0.29, 0.717) is 0 Å². The molecule has 0 N–H and O–H groups in total. The Kier molecular flexibility index (Phi) is 4.78. The lowest BCUT2D eigenvalue weighted by molar-refractivity contribution is 0.0709. The molecule has 0 bridgehead atoms. The van der Waals surface area contributed by atoms with Gasteiger partial charge < -0.3 is 4.90 Å². The molecular formula is C13H14F2N2O. The summed E-state index contributed by atoms with van der Waals surface area (Å²) in [7, 11) is 0. The number of carbonyl (C=O) groups excluding carboxylic acids is 1. The standard InChI is InChI=1S/C13H14F2N2O/c1-9(2)17(7-3-6-16)13(18)10-4-5-11(14)12(15)8-10/h4-5,8-9H,3,7H2,1-2H3. The first-order valence-electron chi connectivity index (χ1n) is 5.60. The second-order valence-electron chi connectivity index (χ2n) is 4.13. The van der Waals surface area contributed by atoms with Gasteiger partial charge in [0.2, 0.25) is 0 Å². The number of halogens is 2. The molecule has 0 unspecified atom stereocenters. The minimum absolute atomic E-state index is 0.0838. The summed E-state index contributed by atoms with van der Waals surface area (Å²) in [6.45, 7) is 3.87. The van der Waals surface area contributed by atoms with Crippen molar-refractivity contribution >= 4 is 5.91 Å². The summed E-state index contributed by atoms with van der Waals surface area (Å²) >= 11 is 0. The Balaban J connectivity index is 2.95. The average Bonchev–Trinajstić information content (AvgIpc) is 2.32. The summed E-state index contributed by atoms with van der Waals surface area (Å²) in [6.07, 6.45) is 0.202. The number of amides is 1. The number of hydrogen-bond acceptors (Lipinski definition) is 2. The van der Waals surface area contributed by atoms with E-state index < -0.39 is 17.5 Å². The molecule has 0 saturated carbocycles. The quantitative estimate of drug-likeness (QED) is 0.827. The largest absolute Gasteiger partial charge is 0.335 e. The van der Waals surface area contributed by atoms with E-state index in [1.165, 1.54) is 11.0 Å². The van der Waals surface area contributed by atoms with Crippen molar-refractivity contribution in [2.45, 2.75) is 26.3 Å². The smallest absolute Gasteiger partial charge is 0.254 e. The number of benzene rings is 1. The van der Waals surface area contributed by atoms with Crippen molar-refractivity contribution in [1.29, 1.82) is 5.26 Å². The predicted octanol–water partition coefficient (Wildman–Crippen LogP) is 2.73. The van der Waals surface area contributed by atoms with Crippen molar-refractivity contribution in [1.82, 2.24) is 4.90 Å². The third-order valence-corrected chi connectivity index (χ3v) is 2.52. The first-order chi connectivity index (χ1) is 8.47. The van der Waals surface area contributed by atoms with Gasteiger partial charge in [-0.2, -0.15) is 5.26 Å². The molecular weight excluding hydrogens is 238 g/mol. The summed E-state index contributed by atoms with van der Waals surface area (Å²) < 4.78 is 25.8. The highest BCUT2D eigenvalue weighted by atomic mass is 19.2. The van der Waals surface area contributed by atoms with Crippen molar-refractivity contribution in [3.05, 3.63) is 35.4 Å². The van der Waals surface area contributed by atoms with Crippen LogP contribution in [0.15, 0.2) is 18.2 Å². The van der Waals surface area contributed by atoms with Crippen molar-refractivity contribution in [3.63, 3.8) is 0 Å². The molecule has 1 aromatic carbocycles. The zero-order chi connectivity index (χ0) is 13.7. The van der Waals surface area contributed by atoms with E-state index in [2.05, 4.69) is 0 Å². The zero-order valence-corrected chi connectivity index (χ0v) is 10.3. The third-order valence-electron chi connectivity index (χ3n) is 2.52. The fourth-order valence-corrected chi connectivity index (χ4v) is 1.56. The molecule has 1 amide bonds. The topological polar surface area (TPSA) is 44.1 Å². The van der Waals surface area contributed by atoms with Gasteiger partial charge in [0.05, 0.1) is 12.5 Å². The lowest BCUT2D eigenvalue weighted by atomic mass is 10.1. The van der Waals surface area contributed by atoms with Gasteiger partial charge in [-0.3, -0.25) is 4.79 Å². The molecule has 0 spiro atoms. The summed E-state index contributed by atoms with van der Waals surface area (Å²) in [5.74, 6) is -2.44. The van der Waals surface area contributed by atoms with Gasteiger partial charge in [-0.15, -0.1) is 0 Å². The molecule has 0 atom stereocenters. The van der Waals surface area contributed by atoms with E-state index in [-0.39, 0.29) is 24.6 Å². The van der Waals surface area contributed by atoms with Crippen molar-refractivity contribution < 1.29 is 13.6 Å². The van der Waals surface area contributed by atoms with E-state index in [1.807, 2.05) is 6.07 Å². The van der Waals surface area contributed by atoms with Crippen molar-refractivity contribution in [3.8, 4) is 6.07 Å². The molecule has 3 nitrogen and oxygen atoms in total. The van der Waals surface area contributed by atoms with Crippen LogP contribution in [-0.2, 0) is 0 Å². The molecule has 0 fully saturated rings. The highest BCUT2D eigenvalue weighted by Crippen LogP contribution is 2.13. The molecule has 0 aliphatic rings. The van der Waals surface area contributed by atoms with Gasteiger partial charge >= 0.3 is 0 Å². The molecule has 1 aromatic rings. The number of nitrogens with zero attached hydrogens (tertiary/aromatic N) is 2. The minimum Gasteiger partial charge on any atom is -0.335 e. The van der Waals surface area contributed by atoms with Gasteiger partial charge in [0.15, 0.2) is 11.6 Å². The maximum Gasteiger partial charge on any atom is 0.254 e. The summed E-state index contributed by atoms with van der Waals surface area (Å²) in [5, 5.41) is 8.53. The summed E-state index contributed by atoms with van der Waals surface area (Å²) in [5.41, 5.74) is 0.0838. The summed E-state index contributed by atoms with van der Waals surface area (Å²) in [4.78, 5) is 13.5. The second kappa shape index (κ2) is 6.10. The van der Waals surface area contributed by atoms with Crippen LogP contribution in [0.4, 0.5) is 8.78 Å². The Hall–Kier alpha value is -1.96. The molecule has 5 heteroatoms. The van der Waals surface area contributed by atoms with Gasteiger partial charge in [0.25, 0.3) is 5.91 Å². The monoisotopic (exact) mass is 252 g/mol. The number of nitriles is 1. The van der Waals surface area contributed by atoms with Gasteiger partial charge in [0, 0.05) is 18.2 Å². The van der Waals surface area contributed by atoms with Crippen LogP contribution in [-0.4, -0.2) is 23.4 Å². The second-order valence-corrected chi connectivity index (χ2v) is 4.13. The molecule has 0 aliphatic heterocycles. The molecule has 0 radical (unpaired) electrons. The average molecular weight is 252 g/mol. The van der Waals surface area contributed by atoms with Crippen LogP contribution in [0.3, 0.4) is 0 Å². The van der Waals surface area contributed by atoms with E-state index in [9.17, 15) is 13.6 Å². The molecule has 0 heterocycles. The van der Waals surface area contributed by atoms with Gasteiger partial charge in [0.1, 0.15) is 0 Å². The van der Waals surface area contributed by atoms with Crippen LogP contribution in [0.1, 0.15) is 30.6 Å². The number of rotatable bonds is 4. The predicted molar refractivity (Wildman–Crippen MR) is 62.8 cm³/mol. The van der Waals surface area contributed by atoms with E-state index in [4.69, 9.17) is 5.26 Å². The van der Waals surface area contributed by atoms with Crippen LogP contribution in [0.5, 0.6) is 0 Å². The molecule has 0 aromatic heterocycles. The van der Waals surface area contributed by atoms with E-state index >= 15 is 0 Å². The van der Waals surface area contributed by atoms with Gasteiger partial charge in [-0.1, -0.05) is 0 Å². The van der Waals surface area contributed by atoms with Crippen LogP contribution >= 0.6 is 0 Å². The third kappa shape index (κ3) is 3.27. The van der Waals surface area contributed by atoms with E-state index in [0.717, 1.165) is 12.1 Å². The van der Waals surface area contributed by atoms with Gasteiger partial charge in [-0.25, -0.2) is 8.78 Å². The van der Waals surface area contributed by atoms with Crippen molar-refractivity contribution in [2.24, 2.45) is 0 Å². The van der Waals surface area contributed by atoms with Crippen LogP contribution in [0.25, 0.3) is 0 Å². The SMILES string of the molecule is CC(C)N(CCC#N)C(=O)c1ccc(F)c(F)c1. The maximum absolute atomic E-state index is 13.1. The Bertz CT molecular complexity index is 480. The lowest BCUT2D eigenvalue weighted by Crippen LogP contribution is -2.37. The highest BCUT2D eigenvalue weighted by molar-refractivity contribution is 5.94. The first-order valence-corrected chi connectivity index (χ1v) is 5.60. The van der Waals surface area contributed by atoms with Gasteiger partial charge in [-0.05, 0) is 32.0 Å².